The highest BCUT2D eigenvalue weighted by Gasteiger charge is 2.20. The molecule has 1 aromatic rings. The Morgan fingerprint density at radius 3 is 3.06 bits per heavy atom. The predicted octanol–water partition coefficient (Wildman–Crippen LogP) is 1.83. The number of morpholine rings is 1. The van der Waals surface area contributed by atoms with E-state index in [0.29, 0.717) is 0 Å². The fraction of sp³-hybridized carbons (Fsp3) is 0.692. The average Bonchev–Trinajstić information content (AvgIpc) is 2.37. The molecular formula is C13H22N4O. The third-order valence-corrected chi connectivity index (χ3v) is 3.14. The minimum absolute atomic E-state index is 0.264. The molecule has 5 nitrogen and oxygen atoms in total. The molecule has 1 saturated heterocycles. The third kappa shape index (κ3) is 2.90. The summed E-state index contributed by atoms with van der Waals surface area (Å²) >= 11 is 0. The second-order valence-electron chi connectivity index (χ2n) is 4.73. The van der Waals surface area contributed by atoms with Gasteiger partial charge in [-0.3, -0.25) is 0 Å². The minimum Gasteiger partial charge on any atom is -0.375 e. The lowest BCUT2D eigenvalue weighted by Gasteiger charge is -2.33. The van der Waals surface area contributed by atoms with E-state index in [2.05, 4.69) is 41.0 Å². The number of nitrogens with zero attached hydrogens (tertiary/aromatic N) is 3. The fourth-order valence-electron chi connectivity index (χ4n) is 2.19. The van der Waals surface area contributed by atoms with Crippen LogP contribution in [0.5, 0.6) is 0 Å². The van der Waals surface area contributed by atoms with Crippen LogP contribution in [0.25, 0.3) is 0 Å². The van der Waals surface area contributed by atoms with Crippen LogP contribution in [0.3, 0.4) is 0 Å². The Balaban J connectivity index is 2.16. The van der Waals surface area contributed by atoms with Crippen molar-refractivity contribution in [3.63, 3.8) is 0 Å². The van der Waals surface area contributed by atoms with Crippen molar-refractivity contribution in [2.24, 2.45) is 0 Å². The van der Waals surface area contributed by atoms with Crippen molar-refractivity contribution in [2.45, 2.75) is 33.3 Å². The van der Waals surface area contributed by atoms with E-state index in [-0.39, 0.29) is 6.10 Å². The molecule has 0 spiro atoms. The van der Waals surface area contributed by atoms with Crippen LogP contribution in [0.4, 0.5) is 11.6 Å². The van der Waals surface area contributed by atoms with E-state index in [1.165, 1.54) is 0 Å². The van der Waals surface area contributed by atoms with Crippen LogP contribution < -0.4 is 10.2 Å². The fourth-order valence-corrected chi connectivity index (χ4v) is 2.19. The van der Waals surface area contributed by atoms with Crippen LogP contribution in [0.2, 0.25) is 0 Å². The molecule has 1 aromatic heterocycles. The molecule has 0 amide bonds. The summed E-state index contributed by atoms with van der Waals surface area (Å²) in [6.07, 6.45) is 2.99. The molecule has 0 radical (unpaired) electrons. The summed E-state index contributed by atoms with van der Waals surface area (Å²) in [6, 6.07) is 0. The van der Waals surface area contributed by atoms with Crippen molar-refractivity contribution in [1.29, 1.82) is 0 Å². The van der Waals surface area contributed by atoms with Gasteiger partial charge in [0.15, 0.2) is 0 Å². The van der Waals surface area contributed by atoms with Crippen molar-refractivity contribution in [3.05, 3.63) is 11.9 Å². The van der Waals surface area contributed by atoms with Crippen LogP contribution in [-0.4, -0.2) is 42.3 Å². The van der Waals surface area contributed by atoms with Gasteiger partial charge in [-0.1, -0.05) is 6.92 Å². The lowest BCUT2D eigenvalue weighted by atomic mass is 10.2. The zero-order chi connectivity index (χ0) is 13.0. The summed E-state index contributed by atoms with van der Waals surface area (Å²) in [5.74, 6) is 1.97. The van der Waals surface area contributed by atoms with Crippen LogP contribution in [0, 0.1) is 6.92 Å². The molecule has 0 saturated carbocycles. The Morgan fingerprint density at radius 1 is 1.50 bits per heavy atom. The predicted molar refractivity (Wildman–Crippen MR) is 73.2 cm³/mol. The second-order valence-corrected chi connectivity index (χ2v) is 4.73. The largest absolute Gasteiger partial charge is 0.375 e. The first-order valence-corrected chi connectivity index (χ1v) is 6.64. The van der Waals surface area contributed by atoms with Crippen LogP contribution >= 0.6 is 0 Å². The molecule has 1 fully saturated rings. The SMILES string of the molecule is CCCNc1ncnc(N2CCOC(C)C2)c1C. The molecule has 1 aliphatic rings. The second kappa shape index (κ2) is 6.00. The van der Waals surface area contributed by atoms with Gasteiger partial charge in [0.1, 0.15) is 18.0 Å². The third-order valence-electron chi connectivity index (χ3n) is 3.14. The molecule has 5 heteroatoms. The quantitative estimate of drug-likeness (QED) is 0.883. The number of hydrogen-bond acceptors (Lipinski definition) is 5. The lowest BCUT2D eigenvalue weighted by molar-refractivity contribution is 0.0529. The van der Waals surface area contributed by atoms with Gasteiger partial charge in [-0.2, -0.15) is 0 Å². The maximum absolute atomic E-state index is 5.56. The number of nitrogens with one attached hydrogen (secondary N) is 1. The highest BCUT2D eigenvalue weighted by molar-refractivity contribution is 5.58. The summed E-state index contributed by atoms with van der Waals surface area (Å²) < 4.78 is 5.56. The number of anilines is 2. The molecule has 1 aliphatic heterocycles. The molecule has 0 bridgehead atoms. The standard InChI is InChI=1S/C13H22N4O/c1-4-5-14-12-11(3)13(16-9-15-12)17-6-7-18-10(2)8-17/h9-10H,4-8H2,1-3H3,(H,14,15,16). The Hall–Kier alpha value is -1.36. The van der Waals surface area contributed by atoms with Gasteiger partial charge in [0.05, 0.1) is 12.7 Å². The van der Waals surface area contributed by atoms with E-state index in [1.54, 1.807) is 6.33 Å². The molecule has 0 aromatic carbocycles. The molecule has 18 heavy (non-hydrogen) atoms. The molecule has 100 valence electrons. The first-order chi connectivity index (χ1) is 8.72. The minimum atomic E-state index is 0.264. The maximum atomic E-state index is 5.56. The summed E-state index contributed by atoms with van der Waals surface area (Å²) in [6.45, 7) is 9.82. The Morgan fingerprint density at radius 2 is 2.33 bits per heavy atom. The van der Waals surface area contributed by atoms with Crippen LogP contribution in [0.1, 0.15) is 25.8 Å². The van der Waals surface area contributed by atoms with Crippen molar-refractivity contribution >= 4 is 11.6 Å². The van der Waals surface area contributed by atoms with Gasteiger partial charge in [0, 0.05) is 25.2 Å². The van der Waals surface area contributed by atoms with E-state index in [9.17, 15) is 0 Å². The maximum Gasteiger partial charge on any atom is 0.137 e. The van der Waals surface area contributed by atoms with Gasteiger partial charge in [-0.15, -0.1) is 0 Å². The average molecular weight is 250 g/mol. The normalized spacial score (nSPS) is 19.9. The summed E-state index contributed by atoms with van der Waals surface area (Å²) in [5, 5.41) is 3.34. The summed E-state index contributed by atoms with van der Waals surface area (Å²) in [7, 11) is 0. The summed E-state index contributed by atoms with van der Waals surface area (Å²) in [4.78, 5) is 11.0. The van der Waals surface area contributed by atoms with E-state index < -0.39 is 0 Å². The molecule has 1 N–H and O–H groups in total. The molecule has 1 atom stereocenters. The van der Waals surface area contributed by atoms with E-state index in [1.807, 2.05) is 0 Å². The highest BCUT2D eigenvalue weighted by Crippen LogP contribution is 2.23. The number of aromatic nitrogens is 2. The number of rotatable bonds is 4. The smallest absolute Gasteiger partial charge is 0.137 e. The highest BCUT2D eigenvalue weighted by atomic mass is 16.5. The molecular weight excluding hydrogens is 228 g/mol. The Bertz CT molecular complexity index is 397. The first kappa shape index (κ1) is 13.1. The lowest BCUT2D eigenvalue weighted by Crippen LogP contribution is -2.42. The van der Waals surface area contributed by atoms with Crippen molar-refractivity contribution in [2.75, 3.05) is 36.5 Å². The summed E-state index contributed by atoms with van der Waals surface area (Å²) in [5.41, 5.74) is 1.13. The first-order valence-electron chi connectivity index (χ1n) is 6.64. The van der Waals surface area contributed by atoms with Gasteiger partial charge in [-0.25, -0.2) is 9.97 Å². The van der Waals surface area contributed by atoms with Gasteiger partial charge in [-0.05, 0) is 20.3 Å². The van der Waals surface area contributed by atoms with Crippen molar-refractivity contribution < 1.29 is 4.74 Å². The zero-order valence-corrected chi connectivity index (χ0v) is 11.4. The van der Waals surface area contributed by atoms with Gasteiger partial charge < -0.3 is 15.0 Å². The molecule has 2 rings (SSSR count). The Kier molecular flexibility index (Phi) is 4.36. The van der Waals surface area contributed by atoms with Crippen LogP contribution in [-0.2, 0) is 4.74 Å². The van der Waals surface area contributed by atoms with E-state index >= 15 is 0 Å². The van der Waals surface area contributed by atoms with Gasteiger partial charge >= 0.3 is 0 Å². The molecule has 0 aliphatic carbocycles. The number of ether oxygens (including phenoxy) is 1. The van der Waals surface area contributed by atoms with E-state index in [0.717, 1.165) is 49.9 Å². The molecule has 2 heterocycles. The van der Waals surface area contributed by atoms with Crippen LogP contribution in [0.15, 0.2) is 6.33 Å². The van der Waals surface area contributed by atoms with E-state index in [4.69, 9.17) is 4.74 Å². The van der Waals surface area contributed by atoms with Crippen molar-refractivity contribution in [1.82, 2.24) is 9.97 Å². The van der Waals surface area contributed by atoms with Gasteiger partial charge in [0.25, 0.3) is 0 Å². The van der Waals surface area contributed by atoms with Gasteiger partial charge in [0.2, 0.25) is 0 Å². The van der Waals surface area contributed by atoms with Crippen molar-refractivity contribution in [3.8, 4) is 0 Å². The molecule has 1 unspecified atom stereocenters. The zero-order valence-electron chi connectivity index (χ0n) is 11.4. The Labute approximate surface area is 109 Å². The monoisotopic (exact) mass is 250 g/mol. The topological polar surface area (TPSA) is 50.3 Å². The number of hydrogen-bond donors (Lipinski definition) is 1.